The highest BCUT2D eigenvalue weighted by Crippen LogP contribution is 2.33. The van der Waals surface area contributed by atoms with Crippen LogP contribution in [-0.2, 0) is 17.3 Å². The molecule has 0 aromatic heterocycles. The first-order chi connectivity index (χ1) is 13.6. The first kappa shape index (κ1) is 21.5. The van der Waals surface area contributed by atoms with Crippen molar-refractivity contribution in [1.29, 1.82) is 0 Å². The zero-order valence-corrected chi connectivity index (χ0v) is 19.4. The molecular formula is C27H38N2. The highest BCUT2D eigenvalue weighted by molar-refractivity contribution is 5.71. The van der Waals surface area contributed by atoms with Gasteiger partial charge in [-0.05, 0) is 76.3 Å². The van der Waals surface area contributed by atoms with E-state index in [1.807, 2.05) is 0 Å². The van der Waals surface area contributed by atoms with E-state index in [1.54, 1.807) is 0 Å². The van der Waals surface area contributed by atoms with Gasteiger partial charge in [-0.25, -0.2) is 0 Å². The molecule has 1 aliphatic rings. The zero-order valence-electron chi connectivity index (χ0n) is 19.4. The third kappa shape index (κ3) is 5.23. The highest BCUT2D eigenvalue weighted by Gasteiger charge is 2.23. The molecule has 0 saturated heterocycles. The van der Waals surface area contributed by atoms with Gasteiger partial charge in [-0.2, -0.15) is 0 Å². The maximum absolute atomic E-state index is 3.64. The maximum atomic E-state index is 3.64. The van der Waals surface area contributed by atoms with Gasteiger partial charge in [0.15, 0.2) is 0 Å². The predicted molar refractivity (Wildman–Crippen MR) is 127 cm³/mol. The van der Waals surface area contributed by atoms with Gasteiger partial charge in [-0.3, -0.25) is 10.4 Å². The standard InChI is InChI=1S/C27H38N2/c1-8-9-10-20-11-13-24(14-12-20)29-16-15-25(28-29)21-17-22(26(2,3)4)19-23(18-21)27(5,6)7/h11-15,17-19,28H,8-10,16H2,1-7H3. The summed E-state index contributed by atoms with van der Waals surface area (Å²) in [5.74, 6) is 0. The Balaban J connectivity index is 1.82. The first-order valence-corrected chi connectivity index (χ1v) is 11.1. The summed E-state index contributed by atoms with van der Waals surface area (Å²) in [5, 5.41) is 2.24. The minimum Gasteiger partial charge on any atom is -0.298 e. The summed E-state index contributed by atoms with van der Waals surface area (Å²) in [6, 6.07) is 16.1. The summed E-state index contributed by atoms with van der Waals surface area (Å²) in [5.41, 5.74) is 11.8. The summed E-state index contributed by atoms with van der Waals surface area (Å²) in [6.45, 7) is 16.9. The maximum Gasteiger partial charge on any atom is 0.0598 e. The van der Waals surface area contributed by atoms with E-state index in [0.29, 0.717) is 0 Å². The fraction of sp³-hybridized carbons (Fsp3) is 0.481. The number of hydrazine groups is 1. The smallest absolute Gasteiger partial charge is 0.0598 e. The van der Waals surface area contributed by atoms with E-state index in [1.165, 1.54) is 52.9 Å². The summed E-state index contributed by atoms with van der Waals surface area (Å²) < 4.78 is 0. The normalized spacial score (nSPS) is 14.7. The van der Waals surface area contributed by atoms with Gasteiger partial charge in [0.25, 0.3) is 0 Å². The highest BCUT2D eigenvalue weighted by atomic mass is 15.5. The van der Waals surface area contributed by atoms with Crippen LogP contribution in [0.15, 0.2) is 48.5 Å². The van der Waals surface area contributed by atoms with E-state index < -0.39 is 0 Å². The molecule has 0 spiro atoms. The Morgan fingerprint density at radius 2 is 1.45 bits per heavy atom. The van der Waals surface area contributed by atoms with Gasteiger partial charge in [0.1, 0.15) is 0 Å². The van der Waals surface area contributed by atoms with Gasteiger partial charge in [0.2, 0.25) is 0 Å². The Bertz CT molecular complexity index is 829. The van der Waals surface area contributed by atoms with Crippen LogP contribution < -0.4 is 10.4 Å². The van der Waals surface area contributed by atoms with Crippen LogP contribution in [0, 0.1) is 0 Å². The number of unbranched alkanes of at least 4 members (excludes halogenated alkanes) is 1. The fourth-order valence-corrected chi connectivity index (χ4v) is 3.64. The fourth-order valence-electron chi connectivity index (χ4n) is 3.64. The lowest BCUT2D eigenvalue weighted by Crippen LogP contribution is -2.31. The Labute approximate surface area is 178 Å². The number of anilines is 1. The molecule has 2 aromatic rings. The van der Waals surface area contributed by atoms with Crippen molar-refractivity contribution in [2.45, 2.75) is 78.6 Å². The summed E-state index contributed by atoms with van der Waals surface area (Å²) in [4.78, 5) is 0. The third-order valence-corrected chi connectivity index (χ3v) is 5.78. The number of aryl methyl sites for hydroxylation is 1. The zero-order chi connectivity index (χ0) is 21.2. The van der Waals surface area contributed by atoms with Crippen molar-refractivity contribution in [2.75, 3.05) is 11.6 Å². The third-order valence-electron chi connectivity index (χ3n) is 5.78. The second-order valence-corrected chi connectivity index (χ2v) is 10.4. The second-order valence-electron chi connectivity index (χ2n) is 10.4. The van der Waals surface area contributed by atoms with Crippen molar-refractivity contribution in [3.63, 3.8) is 0 Å². The molecule has 1 aliphatic heterocycles. The predicted octanol–water partition coefficient (Wildman–Crippen LogP) is 6.99. The molecule has 0 bridgehead atoms. The van der Waals surface area contributed by atoms with Crippen molar-refractivity contribution >= 4 is 11.4 Å². The van der Waals surface area contributed by atoms with Gasteiger partial charge in [-0.1, -0.05) is 73.1 Å². The van der Waals surface area contributed by atoms with Crippen LogP contribution >= 0.6 is 0 Å². The van der Waals surface area contributed by atoms with Gasteiger partial charge in [-0.15, -0.1) is 0 Å². The average Bonchev–Trinajstić information content (AvgIpc) is 3.15. The summed E-state index contributed by atoms with van der Waals surface area (Å²) >= 11 is 0. The SMILES string of the molecule is CCCCc1ccc(N2CC=C(c3cc(C(C)(C)C)cc(C(C)(C)C)c3)N2)cc1. The van der Waals surface area contributed by atoms with Crippen LogP contribution in [0.5, 0.6) is 0 Å². The van der Waals surface area contributed by atoms with Crippen LogP contribution in [0.4, 0.5) is 5.69 Å². The number of nitrogens with zero attached hydrogens (tertiary/aromatic N) is 1. The minimum atomic E-state index is 0.128. The van der Waals surface area contributed by atoms with Crippen molar-refractivity contribution < 1.29 is 0 Å². The molecule has 1 heterocycles. The number of nitrogens with one attached hydrogen (secondary N) is 1. The van der Waals surface area contributed by atoms with Crippen LogP contribution in [0.25, 0.3) is 5.70 Å². The van der Waals surface area contributed by atoms with Crippen LogP contribution in [0.1, 0.15) is 83.6 Å². The molecule has 0 amide bonds. The number of benzene rings is 2. The molecule has 2 heteroatoms. The molecule has 2 nitrogen and oxygen atoms in total. The molecule has 0 unspecified atom stereocenters. The Hall–Kier alpha value is -2.22. The Morgan fingerprint density at radius 3 is 1.97 bits per heavy atom. The van der Waals surface area contributed by atoms with Crippen LogP contribution in [0.2, 0.25) is 0 Å². The summed E-state index contributed by atoms with van der Waals surface area (Å²) in [6.07, 6.45) is 5.97. The minimum absolute atomic E-state index is 0.128. The molecule has 0 saturated carbocycles. The van der Waals surface area contributed by atoms with Gasteiger partial charge >= 0.3 is 0 Å². The monoisotopic (exact) mass is 390 g/mol. The number of rotatable bonds is 5. The Morgan fingerprint density at radius 1 is 0.862 bits per heavy atom. The van der Waals surface area contributed by atoms with Gasteiger partial charge in [0.05, 0.1) is 17.9 Å². The van der Waals surface area contributed by atoms with Gasteiger partial charge in [0, 0.05) is 0 Å². The van der Waals surface area contributed by atoms with E-state index >= 15 is 0 Å². The quantitative estimate of drug-likeness (QED) is 0.592. The lowest BCUT2D eigenvalue weighted by Gasteiger charge is -2.27. The lowest BCUT2D eigenvalue weighted by atomic mass is 9.79. The van der Waals surface area contributed by atoms with Crippen LogP contribution in [0.3, 0.4) is 0 Å². The molecule has 1 N–H and O–H groups in total. The average molecular weight is 391 g/mol. The van der Waals surface area contributed by atoms with E-state index in [9.17, 15) is 0 Å². The van der Waals surface area contributed by atoms with E-state index in [-0.39, 0.29) is 10.8 Å². The molecule has 29 heavy (non-hydrogen) atoms. The van der Waals surface area contributed by atoms with Crippen molar-refractivity contribution in [1.82, 2.24) is 5.43 Å². The first-order valence-electron chi connectivity index (χ1n) is 11.1. The molecule has 156 valence electrons. The van der Waals surface area contributed by atoms with Crippen LogP contribution in [-0.4, -0.2) is 6.54 Å². The topological polar surface area (TPSA) is 15.3 Å². The number of hydrogen-bond donors (Lipinski definition) is 1. The largest absolute Gasteiger partial charge is 0.298 e. The van der Waals surface area contributed by atoms with Crippen molar-refractivity contribution in [3.05, 3.63) is 70.8 Å². The van der Waals surface area contributed by atoms with E-state index in [2.05, 4.69) is 107 Å². The molecule has 2 aromatic carbocycles. The van der Waals surface area contributed by atoms with E-state index in [4.69, 9.17) is 0 Å². The molecule has 3 rings (SSSR count). The molecule has 0 aliphatic carbocycles. The number of hydrogen-bond acceptors (Lipinski definition) is 2. The second kappa shape index (κ2) is 8.26. The molecule has 0 atom stereocenters. The molecule has 0 radical (unpaired) electrons. The Kier molecular flexibility index (Phi) is 6.12. The van der Waals surface area contributed by atoms with Crippen molar-refractivity contribution in [2.24, 2.45) is 0 Å². The van der Waals surface area contributed by atoms with E-state index in [0.717, 1.165) is 6.54 Å². The van der Waals surface area contributed by atoms with Crippen molar-refractivity contribution in [3.8, 4) is 0 Å². The molecule has 0 fully saturated rings. The lowest BCUT2D eigenvalue weighted by molar-refractivity contribution is 0.568. The summed E-state index contributed by atoms with van der Waals surface area (Å²) in [7, 11) is 0. The molecular weight excluding hydrogens is 352 g/mol. The van der Waals surface area contributed by atoms with Gasteiger partial charge < -0.3 is 0 Å².